The molecule has 2 heteroatoms. The average Bonchev–Trinajstić information content (AvgIpc) is 3.71. The zero-order chi connectivity index (χ0) is 31.6. The molecule has 0 spiro atoms. The van der Waals surface area contributed by atoms with Gasteiger partial charge in [0.25, 0.3) is 0 Å². The van der Waals surface area contributed by atoms with Crippen LogP contribution in [0.5, 0.6) is 0 Å². The quantitative estimate of drug-likeness (QED) is 0.177. The molecular formula is C46H28OS. The molecule has 48 heavy (non-hydrogen) atoms. The standard InChI is InChI=1S/C46H28OS/c1-4-15-29(16-5-1)42-32-21-10-12-23-34(32)44(35-24-13-11-22-33(35)42)36-25-14-26-40-45(36)38-27-39-37(28-41(38)48-40)43(30-17-6-2-7-18-30)46(47-39)31-19-8-3-9-20-31/h1-28H. The molecule has 0 saturated carbocycles. The van der Waals surface area contributed by atoms with Gasteiger partial charge in [0.1, 0.15) is 11.3 Å². The van der Waals surface area contributed by atoms with E-state index in [4.69, 9.17) is 4.42 Å². The van der Waals surface area contributed by atoms with E-state index in [0.717, 1.165) is 33.4 Å². The lowest BCUT2D eigenvalue weighted by Gasteiger charge is -2.18. The van der Waals surface area contributed by atoms with Crippen LogP contribution < -0.4 is 0 Å². The second-order valence-corrected chi connectivity index (χ2v) is 13.5. The minimum absolute atomic E-state index is 0.906. The summed E-state index contributed by atoms with van der Waals surface area (Å²) < 4.78 is 9.36. The van der Waals surface area contributed by atoms with Crippen molar-refractivity contribution in [3.05, 3.63) is 170 Å². The van der Waals surface area contributed by atoms with Gasteiger partial charge in [-0.3, -0.25) is 0 Å². The van der Waals surface area contributed by atoms with Gasteiger partial charge >= 0.3 is 0 Å². The Morgan fingerprint density at radius 2 is 0.875 bits per heavy atom. The van der Waals surface area contributed by atoms with Gasteiger partial charge in [0, 0.05) is 36.7 Å². The zero-order valence-corrected chi connectivity index (χ0v) is 26.8. The van der Waals surface area contributed by atoms with Crippen LogP contribution in [0.3, 0.4) is 0 Å². The van der Waals surface area contributed by atoms with Crippen molar-refractivity contribution in [3.8, 4) is 44.7 Å². The van der Waals surface area contributed by atoms with Crippen molar-refractivity contribution >= 4 is 64.0 Å². The molecule has 0 aliphatic rings. The molecule has 1 nitrogen and oxygen atoms in total. The smallest absolute Gasteiger partial charge is 0.143 e. The van der Waals surface area contributed by atoms with Crippen LogP contribution >= 0.6 is 11.3 Å². The third kappa shape index (κ3) is 4.10. The van der Waals surface area contributed by atoms with Crippen LogP contribution in [0.25, 0.3) is 97.4 Å². The van der Waals surface area contributed by atoms with E-state index in [0.29, 0.717) is 0 Å². The van der Waals surface area contributed by atoms with Crippen molar-refractivity contribution < 1.29 is 4.42 Å². The number of benzene rings is 8. The van der Waals surface area contributed by atoms with E-state index in [-0.39, 0.29) is 0 Å². The van der Waals surface area contributed by atoms with E-state index in [1.54, 1.807) is 0 Å². The summed E-state index contributed by atoms with van der Waals surface area (Å²) in [5, 5.41) is 8.71. The van der Waals surface area contributed by atoms with Gasteiger partial charge in [-0.25, -0.2) is 0 Å². The first-order chi connectivity index (χ1) is 23.8. The van der Waals surface area contributed by atoms with E-state index in [1.165, 1.54) is 64.0 Å². The Labute approximate surface area is 282 Å². The van der Waals surface area contributed by atoms with Crippen molar-refractivity contribution in [2.24, 2.45) is 0 Å². The van der Waals surface area contributed by atoms with E-state index in [1.807, 2.05) is 11.3 Å². The Morgan fingerprint density at radius 3 is 1.48 bits per heavy atom. The first-order valence-corrected chi connectivity index (χ1v) is 17.2. The zero-order valence-electron chi connectivity index (χ0n) is 26.0. The lowest BCUT2D eigenvalue weighted by atomic mass is 9.85. The van der Waals surface area contributed by atoms with Gasteiger partial charge in [0.05, 0.1) is 0 Å². The molecule has 0 unspecified atom stereocenters. The predicted molar refractivity (Wildman–Crippen MR) is 206 cm³/mol. The number of rotatable bonds is 4. The second kappa shape index (κ2) is 10.8. The van der Waals surface area contributed by atoms with Gasteiger partial charge in [-0.2, -0.15) is 0 Å². The molecule has 2 aromatic heterocycles. The molecule has 0 N–H and O–H groups in total. The van der Waals surface area contributed by atoms with Gasteiger partial charge in [0.2, 0.25) is 0 Å². The molecule has 8 aromatic carbocycles. The summed E-state index contributed by atoms with van der Waals surface area (Å²) >= 11 is 1.86. The maximum absolute atomic E-state index is 6.82. The Hall–Kier alpha value is -5.96. The van der Waals surface area contributed by atoms with Crippen LogP contribution in [0.2, 0.25) is 0 Å². The molecule has 0 saturated heterocycles. The Balaban J connectivity index is 1.30. The third-order valence-corrected chi connectivity index (χ3v) is 10.8. The van der Waals surface area contributed by atoms with Gasteiger partial charge < -0.3 is 4.42 Å². The molecule has 0 fully saturated rings. The largest absolute Gasteiger partial charge is 0.455 e. The van der Waals surface area contributed by atoms with Crippen LogP contribution in [-0.2, 0) is 0 Å². The molecule has 0 radical (unpaired) electrons. The fraction of sp³-hybridized carbons (Fsp3) is 0. The highest BCUT2D eigenvalue weighted by Crippen LogP contribution is 2.50. The second-order valence-electron chi connectivity index (χ2n) is 12.4. The SMILES string of the molecule is c1ccc(-c2oc3cc4c(cc3c2-c2ccccc2)sc2cccc(-c3c5ccccc5c(-c5ccccc5)c5ccccc35)c24)cc1. The first-order valence-electron chi connectivity index (χ1n) is 16.4. The van der Waals surface area contributed by atoms with Crippen LogP contribution in [0, 0.1) is 0 Å². The molecular weight excluding hydrogens is 601 g/mol. The number of thiophene rings is 1. The molecule has 10 aromatic rings. The predicted octanol–water partition coefficient (Wildman–Crippen LogP) is 13.8. The van der Waals surface area contributed by atoms with Gasteiger partial charge in [-0.15, -0.1) is 11.3 Å². The van der Waals surface area contributed by atoms with E-state index >= 15 is 0 Å². The summed E-state index contributed by atoms with van der Waals surface area (Å²) in [6, 6.07) is 61.2. The van der Waals surface area contributed by atoms with Crippen LogP contribution in [0.4, 0.5) is 0 Å². The minimum atomic E-state index is 0.906. The van der Waals surface area contributed by atoms with Crippen molar-refractivity contribution in [1.82, 2.24) is 0 Å². The van der Waals surface area contributed by atoms with Crippen molar-refractivity contribution in [2.45, 2.75) is 0 Å². The van der Waals surface area contributed by atoms with E-state index in [9.17, 15) is 0 Å². The lowest BCUT2D eigenvalue weighted by Crippen LogP contribution is -1.91. The maximum Gasteiger partial charge on any atom is 0.143 e. The normalized spacial score (nSPS) is 11.8. The van der Waals surface area contributed by atoms with Crippen LogP contribution in [0.15, 0.2) is 174 Å². The van der Waals surface area contributed by atoms with Gasteiger partial charge in [0.15, 0.2) is 0 Å². The molecule has 0 atom stereocenters. The molecule has 0 aliphatic heterocycles. The van der Waals surface area contributed by atoms with Crippen LogP contribution in [0.1, 0.15) is 0 Å². The highest BCUT2D eigenvalue weighted by Gasteiger charge is 2.22. The molecule has 0 amide bonds. The number of fused-ring (bicyclic) bond motifs is 6. The number of furan rings is 1. The molecule has 224 valence electrons. The van der Waals surface area contributed by atoms with Crippen molar-refractivity contribution in [3.63, 3.8) is 0 Å². The molecule has 10 rings (SSSR count). The minimum Gasteiger partial charge on any atom is -0.455 e. The van der Waals surface area contributed by atoms with E-state index in [2.05, 4.69) is 170 Å². The number of hydrogen-bond acceptors (Lipinski definition) is 2. The van der Waals surface area contributed by atoms with Gasteiger partial charge in [-0.1, -0.05) is 152 Å². The Kier molecular flexibility index (Phi) is 6.12. The lowest BCUT2D eigenvalue weighted by molar-refractivity contribution is 0.633. The van der Waals surface area contributed by atoms with Crippen molar-refractivity contribution in [1.29, 1.82) is 0 Å². The average molecular weight is 629 g/mol. The Morgan fingerprint density at radius 1 is 0.354 bits per heavy atom. The topological polar surface area (TPSA) is 13.1 Å². The molecule has 0 aliphatic carbocycles. The highest BCUT2D eigenvalue weighted by molar-refractivity contribution is 7.26. The van der Waals surface area contributed by atoms with Gasteiger partial charge in [-0.05, 0) is 67.6 Å². The summed E-state index contributed by atoms with van der Waals surface area (Å²) in [6.45, 7) is 0. The summed E-state index contributed by atoms with van der Waals surface area (Å²) in [6.07, 6.45) is 0. The third-order valence-electron chi connectivity index (χ3n) is 9.67. The fourth-order valence-corrected chi connectivity index (χ4v) is 8.80. The highest BCUT2D eigenvalue weighted by atomic mass is 32.1. The Bertz CT molecular complexity index is 2750. The number of hydrogen-bond donors (Lipinski definition) is 0. The first kappa shape index (κ1) is 27.2. The van der Waals surface area contributed by atoms with E-state index < -0.39 is 0 Å². The van der Waals surface area contributed by atoms with Crippen molar-refractivity contribution in [2.75, 3.05) is 0 Å². The summed E-state index contributed by atoms with van der Waals surface area (Å²) in [7, 11) is 0. The van der Waals surface area contributed by atoms with Crippen LogP contribution in [-0.4, -0.2) is 0 Å². The molecule has 2 heterocycles. The monoisotopic (exact) mass is 628 g/mol. The summed E-state index contributed by atoms with van der Waals surface area (Å²) in [5.74, 6) is 0.910. The fourth-order valence-electron chi connectivity index (χ4n) is 7.64. The summed E-state index contributed by atoms with van der Waals surface area (Å²) in [4.78, 5) is 0. The maximum atomic E-state index is 6.82. The summed E-state index contributed by atoms with van der Waals surface area (Å²) in [5.41, 5.74) is 9.34. The molecule has 0 bridgehead atoms.